The van der Waals surface area contributed by atoms with Crippen LogP contribution in [-0.4, -0.2) is 22.8 Å². The van der Waals surface area contributed by atoms with E-state index >= 15 is 0 Å². The van der Waals surface area contributed by atoms with E-state index in [2.05, 4.69) is 10.4 Å². The van der Waals surface area contributed by atoms with Gasteiger partial charge in [0.25, 0.3) is 5.91 Å². The van der Waals surface area contributed by atoms with Gasteiger partial charge >= 0.3 is 0 Å². The van der Waals surface area contributed by atoms with E-state index in [0.29, 0.717) is 12.1 Å². The second-order valence-corrected chi connectivity index (χ2v) is 3.93. The lowest BCUT2D eigenvalue weighted by atomic mass is 10.2. The van der Waals surface area contributed by atoms with Crippen LogP contribution in [0.5, 0.6) is 5.75 Å². The molecule has 0 spiro atoms. The number of aryl methyl sites for hydroxylation is 1. The second kappa shape index (κ2) is 5.35. The maximum atomic E-state index is 11.8. The summed E-state index contributed by atoms with van der Waals surface area (Å²) in [5, 5.41) is 6.79. The van der Waals surface area contributed by atoms with Crippen molar-refractivity contribution in [1.82, 2.24) is 15.1 Å². The van der Waals surface area contributed by atoms with Gasteiger partial charge in [-0.25, -0.2) is 0 Å². The van der Waals surface area contributed by atoms with Crippen LogP contribution in [0.1, 0.15) is 15.9 Å². The molecule has 0 atom stereocenters. The third-order valence-electron chi connectivity index (χ3n) is 2.58. The summed E-state index contributed by atoms with van der Waals surface area (Å²) in [7, 11) is 3.40. The van der Waals surface area contributed by atoms with Crippen molar-refractivity contribution in [2.24, 2.45) is 7.05 Å². The summed E-state index contributed by atoms with van der Waals surface area (Å²) in [4.78, 5) is 11.8. The standard InChI is InChI=1S/C13H15N3O2/c1-16-9-11(8-15-16)13(17)14-7-10-3-5-12(18-2)6-4-10/h3-6,8-9H,7H2,1-2H3,(H,14,17). The normalized spacial score (nSPS) is 10.1. The molecule has 5 heteroatoms. The minimum absolute atomic E-state index is 0.126. The van der Waals surface area contributed by atoms with E-state index in [1.165, 1.54) is 0 Å². The average molecular weight is 245 g/mol. The Morgan fingerprint density at radius 3 is 2.67 bits per heavy atom. The van der Waals surface area contributed by atoms with Crippen LogP contribution in [0.15, 0.2) is 36.7 Å². The molecule has 1 aromatic carbocycles. The van der Waals surface area contributed by atoms with Crippen molar-refractivity contribution in [2.45, 2.75) is 6.54 Å². The number of carbonyl (C=O) groups is 1. The van der Waals surface area contributed by atoms with Crippen molar-refractivity contribution in [3.63, 3.8) is 0 Å². The third-order valence-corrected chi connectivity index (χ3v) is 2.58. The Bertz CT molecular complexity index is 531. The number of nitrogens with zero attached hydrogens (tertiary/aromatic N) is 2. The van der Waals surface area contributed by atoms with Gasteiger partial charge in [0.15, 0.2) is 0 Å². The SMILES string of the molecule is COc1ccc(CNC(=O)c2cnn(C)c2)cc1. The molecule has 0 saturated carbocycles. The van der Waals surface area contributed by atoms with Gasteiger partial charge in [-0.1, -0.05) is 12.1 Å². The van der Waals surface area contributed by atoms with Gasteiger partial charge in [0.2, 0.25) is 0 Å². The lowest BCUT2D eigenvalue weighted by Gasteiger charge is -2.05. The molecule has 0 saturated heterocycles. The fraction of sp³-hybridized carbons (Fsp3) is 0.231. The summed E-state index contributed by atoms with van der Waals surface area (Å²) < 4.78 is 6.67. The van der Waals surface area contributed by atoms with Gasteiger partial charge in [0.1, 0.15) is 5.75 Å². The van der Waals surface area contributed by atoms with Crippen LogP contribution >= 0.6 is 0 Å². The Morgan fingerprint density at radius 1 is 1.39 bits per heavy atom. The number of benzene rings is 1. The Morgan fingerprint density at radius 2 is 2.11 bits per heavy atom. The van der Waals surface area contributed by atoms with E-state index in [1.54, 1.807) is 31.2 Å². The highest BCUT2D eigenvalue weighted by atomic mass is 16.5. The largest absolute Gasteiger partial charge is 0.497 e. The zero-order valence-electron chi connectivity index (χ0n) is 10.4. The summed E-state index contributed by atoms with van der Waals surface area (Å²) >= 11 is 0. The Labute approximate surface area is 105 Å². The van der Waals surface area contributed by atoms with Crippen molar-refractivity contribution in [3.8, 4) is 5.75 Å². The minimum Gasteiger partial charge on any atom is -0.497 e. The summed E-state index contributed by atoms with van der Waals surface area (Å²) in [6.45, 7) is 0.484. The van der Waals surface area contributed by atoms with Crippen molar-refractivity contribution in [2.75, 3.05) is 7.11 Å². The molecule has 0 aliphatic heterocycles. The van der Waals surface area contributed by atoms with E-state index in [0.717, 1.165) is 11.3 Å². The molecular formula is C13H15N3O2. The molecule has 2 aromatic rings. The molecule has 0 radical (unpaired) electrons. The molecule has 1 amide bonds. The predicted octanol–water partition coefficient (Wildman–Crippen LogP) is 1.36. The number of amides is 1. The molecule has 0 fully saturated rings. The summed E-state index contributed by atoms with van der Waals surface area (Å²) in [6, 6.07) is 7.57. The maximum Gasteiger partial charge on any atom is 0.254 e. The van der Waals surface area contributed by atoms with Gasteiger partial charge in [0.05, 0.1) is 18.9 Å². The zero-order valence-corrected chi connectivity index (χ0v) is 10.4. The van der Waals surface area contributed by atoms with Crippen LogP contribution in [-0.2, 0) is 13.6 Å². The highest BCUT2D eigenvalue weighted by Gasteiger charge is 2.06. The molecule has 0 aliphatic rings. The number of methoxy groups -OCH3 is 1. The number of hydrogen-bond donors (Lipinski definition) is 1. The minimum atomic E-state index is -0.126. The number of carbonyl (C=O) groups excluding carboxylic acids is 1. The fourth-order valence-corrected chi connectivity index (χ4v) is 1.57. The average Bonchev–Trinajstić information content (AvgIpc) is 2.83. The van der Waals surface area contributed by atoms with Gasteiger partial charge in [-0.2, -0.15) is 5.10 Å². The first kappa shape index (κ1) is 12.2. The van der Waals surface area contributed by atoms with Crippen LogP contribution in [0.25, 0.3) is 0 Å². The van der Waals surface area contributed by atoms with E-state index in [1.807, 2.05) is 24.3 Å². The first-order valence-corrected chi connectivity index (χ1v) is 5.59. The fourth-order valence-electron chi connectivity index (χ4n) is 1.57. The smallest absolute Gasteiger partial charge is 0.254 e. The van der Waals surface area contributed by atoms with Crippen molar-refractivity contribution < 1.29 is 9.53 Å². The van der Waals surface area contributed by atoms with Crippen LogP contribution < -0.4 is 10.1 Å². The van der Waals surface area contributed by atoms with E-state index in [-0.39, 0.29) is 5.91 Å². The summed E-state index contributed by atoms with van der Waals surface area (Å²) in [6.07, 6.45) is 3.23. The molecule has 18 heavy (non-hydrogen) atoms. The van der Waals surface area contributed by atoms with Crippen LogP contribution in [0.3, 0.4) is 0 Å². The van der Waals surface area contributed by atoms with Crippen molar-refractivity contribution >= 4 is 5.91 Å². The van der Waals surface area contributed by atoms with Gasteiger partial charge in [0, 0.05) is 19.8 Å². The summed E-state index contributed by atoms with van der Waals surface area (Å²) in [5.74, 6) is 0.677. The zero-order chi connectivity index (χ0) is 13.0. The number of nitrogens with one attached hydrogen (secondary N) is 1. The molecule has 0 bridgehead atoms. The van der Waals surface area contributed by atoms with Crippen LogP contribution in [0, 0.1) is 0 Å². The first-order valence-electron chi connectivity index (χ1n) is 5.59. The molecule has 5 nitrogen and oxygen atoms in total. The van der Waals surface area contributed by atoms with E-state index < -0.39 is 0 Å². The first-order chi connectivity index (χ1) is 8.69. The lowest BCUT2D eigenvalue weighted by molar-refractivity contribution is 0.0951. The lowest BCUT2D eigenvalue weighted by Crippen LogP contribution is -2.22. The quantitative estimate of drug-likeness (QED) is 0.884. The molecule has 0 aliphatic carbocycles. The van der Waals surface area contributed by atoms with Crippen molar-refractivity contribution in [3.05, 3.63) is 47.8 Å². The van der Waals surface area contributed by atoms with Gasteiger partial charge in [-0.05, 0) is 17.7 Å². The monoisotopic (exact) mass is 245 g/mol. The predicted molar refractivity (Wildman–Crippen MR) is 67.4 cm³/mol. The molecular weight excluding hydrogens is 230 g/mol. The molecule has 94 valence electrons. The van der Waals surface area contributed by atoms with Crippen LogP contribution in [0.2, 0.25) is 0 Å². The van der Waals surface area contributed by atoms with Gasteiger partial charge < -0.3 is 10.1 Å². The number of ether oxygens (including phenoxy) is 1. The van der Waals surface area contributed by atoms with Gasteiger partial charge in [-0.15, -0.1) is 0 Å². The molecule has 0 unspecified atom stereocenters. The number of rotatable bonds is 4. The Hall–Kier alpha value is -2.30. The Kier molecular flexibility index (Phi) is 3.62. The molecule has 2 rings (SSSR count). The van der Waals surface area contributed by atoms with E-state index in [9.17, 15) is 4.79 Å². The number of aromatic nitrogens is 2. The highest BCUT2D eigenvalue weighted by Crippen LogP contribution is 2.11. The molecule has 1 aromatic heterocycles. The number of hydrogen-bond acceptors (Lipinski definition) is 3. The topological polar surface area (TPSA) is 56.1 Å². The third kappa shape index (κ3) is 2.88. The Balaban J connectivity index is 1.92. The van der Waals surface area contributed by atoms with Crippen LogP contribution in [0.4, 0.5) is 0 Å². The van der Waals surface area contributed by atoms with E-state index in [4.69, 9.17) is 4.74 Å². The maximum absolute atomic E-state index is 11.8. The summed E-state index contributed by atoms with van der Waals surface area (Å²) in [5.41, 5.74) is 1.58. The highest BCUT2D eigenvalue weighted by molar-refractivity contribution is 5.93. The molecule has 1 heterocycles. The second-order valence-electron chi connectivity index (χ2n) is 3.93. The van der Waals surface area contributed by atoms with Crippen molar-refractivity contribution in [1.29, 1.82) is 0 Å². The molecule has 1 N–H and O–H groups in total. The van der Waals surface area contributed by atoms with Gasteiger partial charge in [-0.3, -0.25) is 9.48 Å².